The summed E-state index contributed by atoms with van der Waals surface area (Å²) in [5.74, 6) is -6.62. The van der Waals surface area contributed by atoms with E-state index in [-0.39, 0.29) is 55.5 Å². The van der Waals surface area contributed by atoms with Crippen molar-refractivity contribution in [2.45, 2.75) is 32.9 Å². The third kappa shape index (κ3) is 9.56. The van der Waals surface area contributed by atoms with Gasteiger partial charge in [0, 0.05) is 23.5 Å². The molecule has 0 unspecified atom stereocenters. The molecule has 2 atom stereocenters. The van der Waals surface area contributed by atoms with Gasteiger partial charge < -0.3 is 51.6 Å². The lowest BCUT2D eigenvalue weighted by atomic mass is 10.2. The van der Waals surface area contributed by atoms with Crippen molar-refractivity contribution in [2.75, 3.05) is 27.9 Å². The van der Waals surface area contributed by atoms with E-state index >= 15 is 0 Å². The van der Waals surface area contributed by atoms with Crippen LogP contribution in [0.4, 0.5) is 42.1 Å². The van der Waals surface area contributed by atoms with Gasteiger partial charge in [0.1, 0.15) is 45.1 Å². The fourth-order valence-corrected chi connectivity index (χ4v) is 7.08. The van der Waals surface area contributed by atoms with Gasteiger partial charge in [0.05, 0.1) is 6.61 Å². The third-order valence-electron chi connectivity index (χ3n) is 8.09. The smallest absolute Gasteiger partial charge is 0.360 e. The summed E-state index contributed by atoms with van der Waals surface area (Å²) in [4.78, 5) is 82.8. The van der Waals surface area contributed by atoms with E-state index in [4.69, 9.17) is 41.8 Å². The molecule has 0 aliphatic heterocycles. The molecule has 312 valence electrons. The van der Waals surface area contributed by atoms with Crippen molar-refractivity contribution >= 4 is 91.3 Å². The zero-order chi connectivity index (χ0) is 44.0. The Morgan fingerprint density at radius 2 is 1.10 bits per heavy atom. The standard InChI is InChI=1S/C19H18FN5O5S.C17H14FN5O5S/c1-3-29-18(28)12-8-13(30-24-12)14(26)15-16(21)23-19(31-15)25(9(2)17(22)27)11-6-4-10(20)5-7-11;1-7(15(20)25)23(9-4-2-8(18)3-5-9)17-21-14(19)13(29-17)12(24)11-6-10(16(26)27)22-28-11/h4-9H,3,21H2,1-2H3,(H2,22,27);2-7H,19H2,1H3,(H2,20,25)(H,26,27)/t9-;7-/m11/s1. The number of carboxylic acids is 1. The lowest BCUT2D eigenvalue weighted by molar-refractivity contribution is -0.119. The van der Waals surface area contributed by atoms with Gasteiger partial charge in [-0.1, -0.05) is 33.0 Å². The van der Waals surface area contributed by atoms with Gasteiger partial charge in [-0.05, 0) is 69.3 Å². The number of benzene rings is 2. The molecule has 0 fully saturated rings. The number of carbonyl (C=O) groups is 6. The minimum atomic E-state index is -1.36. The minimum Gasteiger partial charge on any atom is -0.476 e. The molecule has 6 rings (SSSR count). The lowest BCUT2D eigenvalue weighted by Gasteiger charge is -2.26. The molecule has 2 amide bonds. The molecule has 6 aromatic rings. The van der Waals surface area contributed by atoms with Gasteiger partial charge in [-0.2, -0.15) is 0 Å². The fraction of sp³-hybridized carbons (Fsp3) is 0.167. The number of hydrogen-bond acceptors (Lipinski definition) is 19. The second kappa shape index (κ2) is 18.3. The number of rotatable bonds is 15. The maximum absolute atomic E-state index is 13.3. The quantitative estimate of drug-likeness (QED) is 0.0717. The Labute approximate surface area is 344 Å². The number of nitrogens with two attached hydrogens (primary N) is 4. The topological polar surface area (TPSA) is 320 Å². The zero-order valence-corrected chi connectivity index (χ0v) is 33.0. The number of aromatic carboxylic acids is 1. The number of hydrogen-bond donors (Lipinski definition) is 5. The number of nitrogens with zero attached hydrogens (tertiary/aromatic N) is 6. The molecule has 60 heavy (non-hydrogen) atoms. The first kappa shape index (κ1) is 43.5. The normalized spacial score (nSPS) is 11.8. The van der Waals surface area contributed by atoms with E-state index in [0.717, 1.165) is 34.8 Å². The number of ketones is 2. The second-order valence-corrected chi connectivity index (χ2v) is 14.1. The van der Waals surface area contributed by atoms with E-state index in [2.05, 4.69) is 20.3 Å². The van der Waals surface area contributed by atoms with Crippen LogP contribution in [0.5, 0.6) is 0 Å². The summed E-state index contributed by atoms with van der Waals surface area (Å²) in [5, 5.41) is 16.0. The van der Waals surface area contributed by atoms with Crippen LogP contribution in [0.3, 0.4) is 0 Å². The van der Waals surface area contributed by atoms with Crippen molar-refractivity contribution in [3.63, 3.8) is 0 Å². The molecule has 0 bridgehead atoms. The lowest BCUT2D eigenvalue weighted by Crippen LogP contribution is -2.39. The van der Waals surface area contributed by atoms with Gasteiger partial charge in [-0.3, -0.25) is 19.2 Å². The first-order valence-corrected chi connectivity index (χ1v) is 18.7. The molecular formula is C36H32F2N10O10S2. The van der Waals surface area contributed by atoms with E-state index < -0.39 is 64.7 Å². The number of anilines is 6. The average molecular weight is 867 g/mol. The Bertz CT molecular complexity index is 2570. The first-order chi connectivity index (χ1) is 28.4. The molecule has 0 aliphatic carbocycles. The van der Waals surface area contributed by atoms with Crippen LogP contribution in [0.1, 0.15) is 72.6 Å². The van der Waals surface area contributed by atoms with Crippen LogP contribution in [-0.2, 0) is 14.3 Å². The minimum absolute atomic E-state index is 0.00495. The Hall–Kier alpha value is -7.60. The molecule has 4 heterocycles. The third-order valence-corrected chi connectivity index (χ3v) is 10.2. The Morgan fingerprint density at radius 3 is 1.45 bits per heavy atom. The second-order valence-electron chi connectivity index (χ2n) is 12.1. The van der Waals surface area contributed by atoms with Crippen LogP contribution < -0.4 is 32.7 Å². The summed E-state index contributed by atoms with van der Waals surface area (Å²) in [6.07, 6.45) is 0. The van der Waals surface area contributed by atoms with Crippen LogP contribution in [0.25, 0.3) is 0 Å². The van der Waals surface area contributed by atoms with Crippen molar-refractivity contribution in [2.24, 2.45) is 11.5 Å². The highest BCUT2D eigenvalue weighted by Gasteiger charge is 2.31. The van der Waals surface area contributed by atoms with Gasteiger partial charge >= 0.3 is 11.9 Å². The van der Waals surface area contributed by atoms with Crippen molar-refractivity contribution in [3.8, 4) is 0 Å². The van der Waals surface area contributed by atoms with Crippen molar-refractivity contribution in [1.82, 2.24) is 20.3 Å². The number of thiazole rings is 2. The number of ether oxygens (including phenoxy) is 1. The first-order valence-electron chi connectivity index (χ1n) is 17.1. The molecule has 2 aromatic carbocycles. The molecule has 0 aliphatic rings. The fourth-order valence-electron chi connectivity index (χ4n) is 5.02. The number of carboxylic acid groups (broad SMARTS) is 1. The van der Waals surface area contributed by atoms with Crippen molar-refractivity contribution in [3.05, 3.63) is 105 Å². The van der Waals surface area contributed by atoms with Crippen LogP contribution in [0.2, 0.25) is 0 Å². The molecule has 0 spiro atoms. The maximum Gasteiger partial charge on any atom is 0.360 e. The van der Waals surface area contributed by atoms with E-state index in [0.29, 0.717) is 11.4 Å². The van der Waals surface area contributed by atoms with Gasteiger partial charge in [-0.15, -0.1) is 0 Å². The maximum atomic E-state index is 13.3. The largest absolute Gasteiger partial charge is 0.476 e. The Balaban J connectivity index is 0.000000228. The van der Waals surface area contributed by atoms with Crippen LogP contribution in [0.15, 0.2) is 69.7 Å². The summed E-state index contributed by atoms with van der Waals surface area (Å²) in [6.45, 7) is 4.81. The number of nitrogen functional groups attached to an aromatic ring is 2. The van der Waals surface area contributed by atoms with Gasteiger partial charge in [0.2, 0.25) is 34.9 Å². The average Bonchev–Trinajstić information content (AvgIpc) is 4.04. The van der Waals surface area contributed by atoms with Gasteiger partial charge in [-0.25, -0.2) is 28.3 Å². The van der Waals surface area contributed by atoms with Crippen LogP contribution >= 0.6 is 22.7 Å². The number of carbonyl (C=O) groups excluding carboxylic acids is 5. The monoisotopic (exact) mass is 866 g/mol. The SMILES string of the molecule is CCOC(=O)c1cc(C(=O)c2sc(N(c3ccc(F)cc3)[C@H](C)C(N)=O)nc2N)on1.C[C@H](C(N)=O)N(c1ccc(F)cc1)c1nc(N)c(C(=O)c2cc(C(=O)O)no2)s1. The van der Waals surface area contributed by atoms with E-state index in [9.17, 15) is 37.5 Å². The van der Waals surface area contributed by atoms with E-state index in [1.807, 2.05) is 0 Å². The summed E-state index contributed by atoms with van der Waals surface area (Å²) in [7, 11) is 0. The van der Waals surface area contributed by atoms with Crippen molar-refractivity contribution < 1.29 is 56.4 Å². The molecular weight excluding hydrogens is 835 g/mol. The molecule has 0 radical (unpaired) electrons. The number of amides is 2. The van der Waals surface area contributed by atoms with Crippen LogP contribution in [-0.4, -0.2) is 79.4 Å². The molecule has 20 nitrogen and oxygen atoms in total. The highest BCUT2D eigenvalue weighted by molar-refractivity contribution is 7.18. The van der Waals surface area contributed by atoms with Crippen LogP contribution in [0, 0.1) is 11.6 Å². The molecule has 0 saturated carbocycles. The van der Waals surface area contributed by atoms with E-state index in [1.54, 1.807) is 6.92 Å². The summed E-state index contributed by atoms with van der Waals surface area (Å²) >= 11 is 1.71. The Morgan fingerprint density at radius 1 is 0.717 bits per heavy atom. The number of esters is 1. The highest BCUT2D eigenvalue weighted by atomic mass is 32.1. The number of primary amides is 2. The number of aromatic nitrogens is 4. The predicted octanol–water partition coefficient (Wildman–Crippen LogP) is 4.07. The molecule has 24 heteroatoms. The summed E-state index contributed by atoms with van der Waals surface area (Å²) in [5.41, 5.74) is 22.9. The van der Waals surface area contributed by atoms with E-state index in [1.165, 1.54) is 72.2 Å². The van der Waals surface area contributed by atoms with Gasteiger partial charge in [0.15, 0.2) is 21.7 Å². The Kier molecular flexibility index (Phi) is 13.3. The highest BCUT2D eigenvalue weighted by Crippen LogP contribution is 2.37. The summed E-state index contributed by atoms with van der Waals surface area (Å²) < 4.78 is 41.2. The van der Waals surface area contributed by atoms with Gasteiger partial charge in [0.25, 0.3) is 0 Å². The molecule has 0 saturated heterocycles. The predicted molar refractivity (Wildman–Crippen MR) is 210 cm³/mol. The summed E-state index contributed by atoms with van der Waals surface area (Å²) in [6, 6.07) is 10.9. The number of halogens is 2. The molecule has 4 aromatic heterocycles. The van der Waals surface area contributed by atoms with Crippen molar-refractivity contribution in [1.29, 1.82) is 0 Å². The zero-order valence-electron chi connectivity index (χ0n) is 31.3. The molecule has 9 N–H and O–H groups in total.